The molecule has 2 nitrogen and oxygen atoms in total. The zero-order valence-electron chi connectivity index (χ0n) is 6.10. The molecule has 1 aliphatic heterocycles. The maximum atomic E-state index is 11.8. The molecule has 66 valence electrons. The molecule has 1 saturated heterocycles. The molecule has 6 heteroatoms. The molecule has 0 atom stereocenters. The van der Waals surface area contributed by atoms with Crippen molar-refractivity contribution in [1.29, 1.82) is 0 Å². The third kappa shape index (κ3) is 3.62. The quantitative estimate of drug-likeness (QED) is 0.562. The summed E-state index contributed by atoms with van der Waals surface area (Å²) < 4.78 is 40.4. The Bertz CT molecular complexity index is 123. The van der Waals surface area contributed by atoms with Crippen LogP contribution >= 0.6 is 0 Å². The summed E-state index contributed by atoms with van der Waals surface area (Å²) in [6.45, 7) is -3.00. The highest BCUT2D eigenvalue weighted by molar-refractivity contribution is 6.58. The standard InChI is InChI=1S/C5H10BF3NO/c7-6(8,9)5-10-1-3-11-4-2-10/h1-5H2/q-1. The first-order chi connectivity index (χ1) is 5.08. The van der Waals surface area contributed by atoms with Gasteiger partial charge in [0, 0.05) is 13.1 Å². The van der Waals surface area contributed by atoms with Crippen molar-refractivity contribution in [2.75, 3.05) is 32.7 Å². The van der Waals surface area contributed by atoms with Crippen LogP contribution in [0, 0.1) is 0 Å². The van der Waals surface area contributed by atoms with E-state index in [1.807, 2.05) is 0 Å². The average molecular weight is 168 g/mol. The summed E-state index contributed by atoms with van der Waals surface area (Å²) in [5, 5.41) is 0. The van der Waals surface area contributed by atoms with Crippen LogP contribution in [0.3, 0.4) is 0 Å². The summed E-state index contributed by atoms with van der Waals surface area (Å²) in [5.74, 6) is 0. The van der Waals surface area contributed by atoms with E-state index in [2.05, 4.69) is 0 Å². The predicted octanol–water partition coefficient (Wildman–Crippen LogP) is 0.705. The van der Waals surface area contributed by atoms with Crippen molar-refractivity contribution in [3.63, 3.8) is 0 Å². The molecule has 0 aliphatic carbocycles. The van der Waals surface area contributed by atoms with E-state index in [1.165, 1.54) is 4.90 Å². The third-order valence-corrected chi connectivity index (χ3v) is 1.57. The van der Waals surface area contributed by atoms with Crippen molar-refractivity contribution in [2.24, 2.45) is 0 Å². The number of hydrogen-bond acceptors (Lipinski definition) is 2. The molecule has 1 rings (SSSR count). The Morgan fingerprint density at radius 3 is 2.18 bits per heavy atom. The lowest BCUT2D eigenvalue weighted by molar-refractivity contribution is 0.0423. The molecular formula is C5H10BF3NO-. The minimum atomic E-state index is -4.66. The second kappa shape index (κ2) is 3.45. The fourth-order valence-electron chi connectivity index (χ4n) is 1.08. The van der Waals surface area contributed by atoms with E-state index in [0.29, 0.717) is 26.3 Å². The van der Waals surface area contributed by atoms with Gasteiger partial charge in [-0.3, -0.25) is 0 Å². The number of morpholine rings is 1. The van der Waals surface area contributed by atoms with Crippen molar-refractivity contribution in [3.05, 3.63) is 0 Å². The first-order valence-electron chi connectivity index (χ1n) is 3.59. The highest BCUT2D eigenvalue weighted by Crippen LogP contribution is 2.11. The molecule has 0 radical (unpaired) electrons. The van der Waals surface area contributed by atoms with E-state index >= 15 is 0 Å². The molecule has 0 saturated carbocycles. The van der Waals surface area contributed by atoms with Crippen LogP contribution in [0.4, 0.5) is 12.9 Å². The van der Waals surface area contributed by atoms with Crippen molar-refractivity contribution in [3.8, 4) is 0 Å². The normalized spacial score (nSPS) is 22.1. The smallest absolute Gasteiger partial charge is 0.448 e. The fraction of sp³-hybridized carbons (Fsp3) is 1.00. The number of halogens is 3. The Morgan fingerprint density at radius 1 is 1.18 bits per heavy atom. The average Bonchev–Trinajstić information content (AvgIpc) is 1.85. The van der Waals surface area contributed by atoms with Crippen LogP contribution in [0.15, 0.2) is 0 Å². The second-order valence-electron chi connectivity index (χ2n) is 2.62. The Kier molecular flexibility index (Phi) is 2.78. The Hall–Kier alpha value is -0.225. The Labute approximate surface area is 63.4 Å². The van der Waals surface area contributed by atoms with Crippen LogP contribution in [0.5, 0.6) is 0 Å². The highest BCUT2D eigenvalue weighted by atomic mass is 19.4. The van der Waals surface area contributed by atoms with Crippen molar-refractivity contribution in [2.45, 2.75) is 0 Å². The zero-order chi connectivity index (χ0) is 8.32. The largest absolute Gasteiger partial charge is 0.492 e. The van der Waals surface area contributed by atoms with Gasteiger partial charge >= 0.3 is 6.98 Å². The number of rotatable bonds is 2. The van der Waals surface area contributed by atoms with Gasteiger partial charge in [0.2, 0.25) is 0 Å². The van der Waals surface area contributed by atoms with Gasteiger partial charge in [-0.2, -0.15) is 0 Å². The van der Waals surface area contributed by atoms with Crippen LogP contribution in [-0.2, 0) is 4.74 Å². The summed E-state index contributed by atoms with van der Waals surface area (Å²) in [4.78, 5) is 1.38. The van der Waals surface area contributed by atoms with Crippen LogP contribution < -0.4 is 0 Å². The van der Waals surface area contributed by atoms with Gasteiger partial charge < -0.3 is 22.6 Å². The van der Waals surface area contributed by atoms with Crippen LogP contribution in [-0.4, -0.2) is 44.6 Å². The minimum absolute atomic E-state index is 0.404. The monoisotopic (exact) mass is 168 g/mol. The molecular weight excluding hydrogens is 158 g/mol. The Morgan fingerprint density at radius 2 is 1.73 bits per heavy atom. The summed E-state index contributed by atoms with van der Waals surface area (Å²) in [5.41, 5.74) is 0. The summed E-state index contributed by atoms with van der Waals surface area (Å²) in [7, 11) is 0. The van der Waals surface area contributed by atoms with Gasteiger partial charge in [-0.05, 0) is 6.44 Å². The number of hydrogen-bond donors (Lipinski definition) is 0. The third-order valence-electron chi connectivity index (χ3n) is 1.57. The maximum absolute atomic E-state index is 11.8. The Balaban J connectivity index is 2.24. The molecule has 0 amide bonds. The lowest BCUT2D eigenvalue weighted by atomic mass is 9.91. The van der Waals surface area contributed by atoms with Crippen LogP contribution in [0.2, 0.25) is 0 Å². The van der Waals surface area contributed by atoms with E-state index in [0.717, 1.165) is 0 Å². The van der Waals surface area contributed by atoms with Gasteiger partial charge in [-0.1, -0.05) is 0 Å². The molecule has 0 N–H and O–H groups in total. The summed E-state index contributed by atoms with van der Waals surface area (Å²) in [6, 6.07) is 0. The second-order valence-corrected chi connectivity index (χ2v) is 2.62. The molecule has 1 aliphatic rings. The predicted molar refractivity (Wildman–Crippen MR) is 36.3 cm³/mol. The number of ether oxygens (including phenoxy) is 1. The van der Waals surface area contributed by atoms with Gasteiger partial charge in [-0.15, -0.1) is 0 Å². The topological polar surface area (TPSA) is 12.5 Å². The lowest BCUT2D eigenvalue weighted by Gasteiger charge is -2.30. The maximum Gasteiger partial charge on any atom is 0.492 e. The number of nitrogens with zero attached hydrogens (tertiary/aromatic N) is 1. The molecule has 1 fully saturated rings. The first-order valence-corrected chi connectivity index (χ1v) is 3.59. The first kappa shape index (κ1) is 8.87. The molecule has 1 heterocycles. The molecule has 0 bridgehead atoms. The lowest BCUT2D eigenvalue weighted by Crippen LogP contribution is -2.44. The summed E-state index contributed by atoms with van der Waals surface area (Å²) >= 11 is 0. The van der Waals surface area contributed by atoms with Crippen molar-refractivity contribution in [1.82, 2.24) is 4.90 Å². The van der Waals surface area contributed by atoms with E-state index < -0.39 is 13.4 Å². The fourth-order valence-corrected chi connectivity index (χ4v) is 1.08. The zero-order valence-corrected chi connectivity index (χ0v) is 6.10. The van der Waals surface area contributed by atoms with Crippen molar-refractivity contribution < 1.29 is 17.7 Å². The summed E-state index contributed by atoms with van der Waals surface area (Å²) in [6.07, 6.45) is -0.747. The van der Waals surface area contributed by atoms with Crippen LogP contribution in [0.25, 0.3) is 0 Å². The molecule has 0 spiro atoms. The van der Waals surface area contributed by atoms with E-state index in [4.69, 9.17) is 4.74 Å². The van der Waals surface area contributed by atoms with E-state index in [1.54, 1.807) is 0 Å². The van der Waals surface area contributed by atoms with Gasteiger partial charge in [0.25, 0.3) is 0 Å². The van der Waals surface area contributed by atoms with E-state index in [9.17, 15) is 12.9 Å². The van der Waals surface area contributed by atoms with Crippen LogP contribution in [0.1, 0.15) is 0 Å². The molecule has 0 aromatic carbocycles. The molecule has 0 aromatic rings. The van der Waals surface area contributed by atoms with Gasteiger partial charge in [0.05, 0.1) is 13.2 Å². The molecule has 0 unspecified atom stereocenters. The highest BCUT2D eigenvalue weighted by Gasteiger charge is 2.26. The molecule has 0 aromatic heterocycles. The van der Waals surface area contributed by atoms with Gasteiger partial charge in [0.1, 0.15) is 0 Å². The van der Waals surface area contributed by atoms with Gasteiger partial charge in [-0.25, -0.2) is 0 Å². The minimum Gasteiger partial charge on any atom is -0.448 e. The molecule has 11 heavy (non-hydrogen) atoms. The van der Waals surface area contributed by atoms with E-state index in [-0.39, 0.29) is 0 Å². The van der Waals surface area contributed by atoms with Crippen molar-refractivity contribution >= 4 is 6.98 Å². The SMILES string of the molecule is F[B-](F)(F)CN1CCOCC1. The van der Waals surface area contributed by atoms with Gasteiger partial charge in [0.15, 0.2) is 0 Å².